The number of benzene rings is 1. The van der Waals surface area contributed by atoms with E-state index in [1.165, 1.54) is 0 Å². The highest BCUT2D eigenvalue weighted by Gasteiger charge is 2.13. The Hall–Kier alpha value is -1.79. The summed E-state index contributed by atoms with van der Waals surface area (Å²) in [5.41, 5.74) is 0.996. The van der Waals surface area contributed by atoms with Gasteiger partial charge in [-0.05, 0) is 31.8 Å². The molecule has 110 valence electrons. The molecule has 20 heavy (non-hydrogen) atoms. The van der Waals surface area contributed by atoms with Crippen molar-refractivity contribution in [3.8, 4) is 11.5 Å². The maximum atomic E-state index is 11.7. The highest BCUT2D eigenvalue weighted by Crippen LogP contribution is 2.32. The van der Waals surface area contributed by atoms with Gasteiger partial charge >= 0.3 is 0 Å². The van der Waals surface area contributed by atoms with Gasteiger partial charge in [-0.15, -0.1) is 0 Å². The fraction of sp³-hybridized carbons (Fsp3) is 0.500. The van der Waals surface area contributed by atoms with Gasteiger partial charge in [0.1, 0.15) is 0 Å². The summed E-state index contributed by atoms with van der Waals surface area (Å²) in [7, 11) is 4.00. The molecule has 2 rings (SSSR count). The lowest BCUT2D eigenvalue weighted by Gasteiger charge is -2.10. The van der Waals surface area contributed by atoms with Gasteiger partial charge < -0.3 is 25.0 Å². The van der Waals surface area contributed by atoms with E-state index in [0.717, 1.165) is 30.2 Å². The topological polar surface area (TPSA) is 62.8 Å². The van der Waals surface area contributed by atoms with Crippen LogP contribution in [0.1, 0.15) is 5.56 Å². The molecule has 0 unspecified atom stereocenters. The van der Waals surface area contributed by atoms with E-state index in [4.69, 9.17) is 9.47 Å². The van der Waals surface area contributed by atoms with Crippen molar-refractivity contribution in [2.24, 2.45) is 0 Å². The van der Waals surface area contributed by atoms with Crippen LogP contribution in [0.2, 0.25) is 0 Å². The lowest BCUT2D eigenvalue weighted by Crippen LogP contribution is -2.36. The number of carbonyl (C=O) groups excluding carboxylic acids is 1. The van der Waals surface area contributed by atoms with Crippen molar-refractivity contribution in [3.05, 3.63) is 23.8 Å². The number of nitrogens with one attached hydrogen (secondary N) is 2. The summed E-state index contributed by atoms with van der Waals surface area (Å²) in [4.78, 5) is 13.7. The number of rotatable bonds is 7. The summed E-state index contributed by atoms with van der Waals surface area (Å²) < 4.78 is 10.5. The van der Waals surface area contributed by atoms with Crippen molar-refractivity contribution >= 4 is 5.91 Å². The van der Waals surface area contributed by atoms with Gasteiger partial charge in [0.2, 0.25) is 12.7 Å². The van der Waals surface area contributed by atoms with Crippen molar-refractivity contribution in [2.75, 3.05) is 40.5 Å². The van der Waals surface area contributed by atoms with E-state index in [0.29, 0.717) is 13.1 Å². The quantitative estimate of drug-likeness (QED) is 0.697. The maximum Gasteiger partial charge on any atom is 0.234 e. The Labute approximate surface area is 119 Å². The van der Waals surface area contributed by atoms with Gasteiger partial charge in [-0.3, -0.25) is 4.79 Å². The molecule has 0 saturated carbocycles. The highest BCUT2D eigenvalue weighted by molar-refractivity contribution is 5.78. The zero-order valence-electron chi connectivity index (χ0n) is 11.9. The van der Waals surface area contributed by atoms with E-state index in [9.17, 15) is 4.79 Å². The second kappa shape index (κ2) is 7.12. The van der Waals surface area contributed by atoms with Crippen molar-refractivity contribution in [1.29, 1.82) is 0 Å². The minimum absolute atomic E-state index is 0.0126. The molecule has 1 aromatic carbocycles. The minimum atomic E-state index is -0.0126. The van der Waals surface area contributed by atoms with Gasteiger partial charge in [-0.25, -0.2) is 0 Å². The predicted octanol–water partition coefficient (Wildman–Crippen LogP) is 0.183. The minimum Gasteiger partial charge on any atom is -0.454 e. The number of nitrogens with zero attached hydrogens (tertiary/aromatic N) is 1. The smallest absolute Gasteiger partial charge is 0.234 e. The Morgan fingerprint density at radius 2 is 2.10 bits per heavy atom. The summed E-state index contributed by atoms with van der Waals surface area (Å²) >= 11 is 0. The first-order valence-electron chi connectivity index (χ1n) is 6.66. The molecule has 6 heteroatoms. The summed E-state index contributed by atoms with van der Waals surface area (Å²) in [6, 6.07) is 5.68. The van der Waals surface area contributed by atoms with E-state index >= 15 is 0 Å². The van der Waals surface area contributed by atoms with Crippen LogP contribution in [0.5, 0.6) is 11.5 Å². The van der Waals surface area contributed by atoms with Gasteiger partial charge in [-0.2, -0.15) is 0 Å². The normalized spacial score (nSPS) is 12.8. The van der Waals surface area contributed by atoms with E-state index in [1.54, 1.807) is 0 Å². The molecule has 0 aliphatic carbocycles. The second-order valence-electron chi connectivity index (χ2n) is 4.94. The fourth-order valence-electron chi connectivity index (χ4n) is 1.82. The Kier molecular flexibility index (Phi) is 5.20. The lowest BCUT2D eigenvalue weighted by atomic mass is 10.2. The maximum absolute atomic E-state index is 11.7. The SMILES string of the molecule is CN(C)CCNCC(=O)NCc1ccc2c(c1)OCO2. The lowest BCUT2D eigenvalue weighted by molar-refractivity contribution is -0.120. The Balaban J connectivity index is 1.68. The summed E-state index contributed by atoms with van der Waals surface area (Å²) in [6.45, 7) is 2.80. The number of hydrogen-bond acceptors (Lipinski definition) is 5. The average Bonchev–Trinajstić information content (AvgIpc) is 2.88. The van der Waals surface area contributed by atoms with Crippen LogP contribution in [0.4, 0.5) is 0 Å². The molecule has 0 fully saturated rings. The van der Waals surface area contributed by atoms with Gasteiger partial charge in [0, 0.05) is 19.6 Å². The monoisotopic (exact) mass is 279 g/mol. The number of fused-ring (bicyclic) bond motifs is 1. The number of hydrogen-bond donors (Lipinski definition) is 2. The summed E-state index contributed by atoms with van der Waals surface area (Å²) in [6.07, 6.45) is 0. The molecule has 1 aliphatic heterocycles. The van der Waals surface area contributed by atoms with Crippen molar-refractivity contribution < 1.29 is 14.3 Å². The van der Waals surface area contributed by atoms with Crippen LogP contribution in [0, 0.1) is 0 Å². The molecule has 6 nitrogen and oxygen atoms in total. The molecule has 0 bridgehead atoms. The molecule has 0 aromatic heterocycles. The first-order valence-corrected chi connectivity index (χ1v) is 6.66. The molecule has 1 aromatic rings. The third kappa shape index (κ3) is 4.40. The van der Waals surface area contributed by atoms with E-state index < -0.39 is 0 Å². The Bertz CT molecular complexity index is 463. The molecule has 0 radical (unpaired) electrons. The largest absolute Gasteiger partial charge is 0.454 e. The zero-order chi connectivity index (χ0) is 14.4. The second-order valence-corrected chi connectivity index (χ2v) is 4.94. The molecular formula is C14H21N3O3. The third-order valence-electron chi connectivity index (χ3n) is 2.95. The van der Waals surface area contributed by atoms with Crippen LogP contribution in [0.15, 0.2) is 18.2 Å². The molecular weight excluding hydrogens is 258 g/mol. The van der Waals surface area contributed by atoms with E-state index in [2.05, 4.69) is 15.5 Å². The summed E-state index contributed by atoms with van der Waals surface area (Å²) in [5, 5.41) is 5.96. The molecule has 1 amide bonds. The first-order chi connectivity index (χ1) is 9.65. The van der Waals surface area contributed by atoms with Crippen LogP contribution in [0.3, 0.4) is 0 Å². The standard InChI is InChI=1S/C14H21N3O3/c1-17(2)6-5-15-9-14(18)16-8-11-3-4-12-13(7-11)20-10-19-12/h3-4,7,15H,5-6,8-10H2,1-2H3,(H,16,18). The average molecular weight is 279 g/mol. The number of likely N-dealkylation sites (N-methyl/N-ethyl adjacent to an activating group) is 1. The first kappa shape index (κ1) is 14.6. The number of carbonyl (C=O) groups is 1. The third-order valence-corrected chi connectivity index (χ3v) is 2.95. The van der Waals surface area contributed by atoms with Gasteiger partial charge in [0.15, 0.2) is 11.5 Å². The molecule has 1 aliphatic rings. The van der Waals surface area contributed by atoms with Gasteiger partial charge in [0.05, 0.1) is 6.54 Å². The molecule has 0 saturated heterocycles. The van der Waals surface area contributed by atoms with E-state index in [1.807, 2.05) is 32.3 Å². The Morgan fingerprint density at radius 1 is 1.30 bits per heavy atom. The zero-order valence-corrected chi connectivity index (χ0v) is 11.9. The molecule has 0 atom stereocenters. The number of amides is 1. The highest BCUT2D eigenvalue weighted by atomic mass is 16.7. The van der Waals surface area contributed by atoms with Gasteiger partial charge in [-0.1, -0.05) is 6.07 Å². The van der Waals surface area contributed by atoms with E-state index in [-0.39, 0.29) is 12.7 Å². The van der Waals surface area contributed by atoms with Gasteiger partial charge in [0.25, 0.3) is 0 Å². The number of ether oxygens (including phenoxy) is 2. The van der Waals surface area contributed by atoms with Crippen LogP contribution in [-0.4, -0.2) is 51.3 Å². The Morgan fingerprint density at radius 3 is 2.90 bits per heavy atom. The van der Waals surface area contributed by atoms with Crippen LogP contribution in [0.25, 0.3) is 0 Å². The van der Waals surface area contributed by atoms with Crippen LogP contribution < -0.4 is 20.1 Å². The predicted molar refractivity (Wildman–Crippen MR) is 75.8 cm³/mol. The molecule has 0 spiro atoms. The van der Waals surface area contributed by atoms with Crippen LogP contribution >= 0.6 is 0 Å². The molecule has 1 heterocycles. The van der Waals surface area contributed by atoms with Crippen molar-refractivity contribution in [2.45, 2.75) is 6.54 Å². The van der Waals surface area contributed by atoms with Crippen molar-refractivity contribution in [1.82, 2.24) is 15.5 Å². The fourth-order valence-corrected chi connectivity index (χ4v) is 1.82. The van der Waals surface area contributed by atoms with Crippen LogP contribution in [-0.2, 0) is 11.3 Å². The summed E-state index contributed by atoms with van der Waals surface area (Å²) in [5.74, 6) is 1.48. The van der Waals surface area contributed by atoms with Crippen molar-refractivity contribution in [3.63, 3.8) is 0 Å². The molecule has 2 N–H and O–H groups in total.